The van der Waals surface area contributed by atoms with E-state index in [1.54, 1.807) is 41.4 Å². The highest BCUT2D eigenvalue weighted by atomic mass is 32.2. The number of nitrogens with zero attached hydrogens (tertiary/aromatic N) is 2. The summed E-state index contributed by atoms with van der Waals surface area (Å²) < 4.78 is 1.08. The molecule has 3 N–H and O–H groups in total. The van der Waals surface area contributed by atoms with Crippen molar-refractivity contribution in [1.82, 2.24) is 9.97 Å². The molecule has 0 bridgehead atoms. The molecule has 4 aromatic rings. The Kier molecular flexibility index (Phi) is 8.06. The van der Waals surface area contributed by atoms with Gasteiger partial charge >= 0.3 is 5.97 Å². The van der Waals surface area contributed by atoms with Crippen molar-refractivity contribution in [2.45, 2.75) is 37.8 Å². The van der Waals surface area contributed by atoms with E-state index in [1.807, 2.05) is 37.4 Å². The Bertz CT molecular complexity index is 1150. The van der Waals surface area contributed by atoms with Gasteiger partial charge in [-0.05, 0) is 41.5 Å². The third kappa shape index (κ3) is 5.08. The maximum Gasteiger partial charge on any atom is 0.335 e. The highest BCUT2D eigenvalue weighted by Gasteiger charge is 2.19. The number of nitrogen functional groups attached to an aromatic ring is 1. The molecule has 0 aliphatic carbocycles. The van der Waals surface area contributed by atoms with Crippen molar-refractivity contribution in [3.8, 4) is 21.8 Å². The number of carboxylic acids is 1. The van der Waals surface area contributed by atoms with Crippen LogP contribution < -0.4 is 5.73 Å². The molecule has 0 radical (unpaired) electrons. The van der Waals surface area contributed by atoms with Crippen LogP contribution in [0.25, 0.3) is 32.0 Å². The van der Waals surface area contributed by atoms with Crippen LogP contribution in [0.15, 0.2) is 46.1 Å². The maximum absolute atomic E-state index is 11.2. The molecule has 5 nitrogen and oxygen atoms in total. The van der Waals surface area contributed by atoms with Crippen LogP contribution in [0, 0.1) is 0 Å². The molecule has 0 amide bonds. The zero-order valence-corrected chi connectivity index (χ0v) is 20.2. The Morgan fingerprint density at radius 1 is 1.23 bits per heavy atom. The molecule has 3 aromatic heterocycles. The van der Waals surface area contributed by atoms with Gasteiger partial charge in [-0.2, -0.15) is 0 Å². The van der Waals surface area contributed by atoms with Crippen molar-refractivity contribution >= 4 is 56.3 Å². The largest absolute Gasteiger partial charge is 0.478 e. The SMILES string of the molecule is CC.CCCCSc1sc2nc(-c3nccs3)cc(-c3ccc(C(=O)O)cc3)c2c1N. The Labute approximate surface area is 194 Å². The smallest absolute Gasteiger partial charge is 0.335 e. The normalized spacial score (nSPS) is 10.7. The van der Waals surface area contributed by atoms with E-state index < -0.39 is 5.97 Å². The van der Waals surface area contributed by atoms with Gasteiger partial charge in [-0.25, -0.2) is 14.8 Å². The van der Waals surface area contributed by atoms with Gasteiger partial charge in [0.1, 0.15) is 15.5 Å². The summed E-state index contributed by atoms with van der Waals surface area (Å²) in [4.78, 5) is 21.3. The lowest BCUT2D eigenvalue weighted by atomic mass is 10.0. The summed E-state index contributed by atoms with van der Waals surface area (Å²) in [5.41, 5.74) is 10.2. The molecular weight excluding hydrogens is 446 g/mol. The van der Waals surface area contributed by atoms with Gasteiger partial charge in [-0.1, -0.05) is 39.3 Å². The fourth-order valence-corrected chi connectivity index (χ4v) is 6.05. The fraction of sp³-hybridized carbons (Fsp3) is 0.261. The zero-order chi connectivity index (χ0) is 22.4. The van der Waals surface area contributed by atoms with Gasteiger partial charge in [0.15, 0.2) is 0 Å². The van der Waals surface area contributed by atoms with Gasteiger partial charge in [0.25, 0.3) is 0 Å². The number of rotatable bonds is 7. The molecule has 3 heterocycles. The highest BCUT2D eigenvalue weighted by Crippen LogP contribution is 2.45. The van der Waals surface area contributed by atoms with E-state index in [0.717, 1.165) is 60.5 Å². The number of pyridine rings is 1. The number of carboxylic acid groups (broad SMARTS) is 1. The summed E-state index contributed by atoms with van der Waals surface area (Å²) in [6.45, 7) is 6.18. The van der Waals surface area contributed by atoms with Crippen LogP contribution in [0.4, 0.5) is 5.69 Å². The van der Waals surface area contributed by atoms with Gasteiger partial charge in [-0.15, -0.1) is 34.4 Å². The number of anilines is 1. The minimum Gasteiger partial charge on any atom is -0.478 e. The molecule has 0 aliphatic heterocycles. The molecule has 0 saturated heterocycles. The van der Waals surface area contributed by atoms with Gasteiger partial charge in [-0.3, -0.25) is 0 Å². The van der Waals surface area contributed by atoms with E-state index in [1.165, 1.54) is 11.3 Å². The number of fused-ring (bicyclic) bond motifs is 1. The number of thioether (sulfide) groups is 1. The molecule has 0 unspecified atom stereocenters. The van der Waals surface area contributed by atoms with Crippen LogP contribution >= 0.6 is 34.4 Å². The second kappa shape index (κ2) is 10.7. The Balaban J connectivity index is 0.00000132. The molecule has 31 heavy (non-hydrogen) atoms. The van der Waals surface area contributed by atoms with Crippen molar-refractivity contribution < 1.29 is 9.90 Å². The molecule has 0 aliphatic rings. The van der Waals surface area contributed by atoms with E-state index in [0.29, 0.717) is 0 Å². The van der Waals surface area contributed by atoms with Crippen LogP contribution in [0.2, 0.25) is 0 Å². The van der Waals surface area contributed by atoms with Crippen LogP contribution in [0.3, 0.4) is 0 Å². The summed E-state index contributed by atoms with van der Waals surface area (Å²) in [6, 6.07) is 8.88. The number of nitrogens with two attached hydrogens (primary N) is 1. The first-order valence-corrected chi connectivity index (χ1v) is 12.9. The number of hydrogen-bond donors (Lipinski definition) is 2. The summed E-state index contributed by atoms with van der Waals surface area (Å²) >= 11 is 4.93. The third-order valence-corrected chi connectivity index (χ3v) is 7.76. The minimum absolute atomic E-state index is 0.258. The Morgan fingerprint density at radius 3 is 2.58 bits per heavy atom. The number of thiazole rings is 1. The molecule has 0 atom stereocenters. The Hall–Kier alpha value is -2.42. The highest BCUT2D eigenvalue weighted by molar-refractivity contribution is 8.01. The molecule has 162 valence electrons. The summed E-state index contributed by atoms with van der Waals surface area (Å²) in [5, 5.41) is 12.9. The van der Waals surface area contributed by atoms with E-state index in [2.05, 4.69) is 11.9 Å². The molecule has 0 saturated carbocycles. The molecule has 0 fully saturated rings. The lowest BCUT2D eigenvalue weighted by Gasteiger charge is -2.08. The minimum atomic E-state index is -0.940. The van der Waals surface area contributed by atoms with Crippen LogP contribution in [0.1, 0.15) is 44.0 Å². The predicted molar refractivity (Wildman–Crippen MR) is 135 cm³/mol. The maximum atomic E-state index is 11.2. The number of thiophene rings is 1. The fourth-order valence-electron chi connectivity index (χ4n) is 3.00. The van der Waals surface area contributed by atoms with Crippen molar-refractivity contribution in [3.63, 3.8) is 0 Å². The summed E-state index contributed by atoms with van der Waals surface area (Å²) in [5.74, 6) is 0.0831. The zero-order valence-electron chi connectivity index (χ0n) is 17.7. The lowest BCUT2D eigenvalue weighted by Crippen LogP contribution is -1.95. The van der Waals surface area contributed by atoms with Gasteiger partial charge in [0.05, 0.1) is 15.5 Å². The van der Waals surface area contributed by atoms with Crippen molar-refractivity contribution in [2.24, 2.45) is 0 Å². The van der Waals surface area contributed by atoms with E-state index in [4.69, 9.17) is 10.7 Å². The monoisotopic (exact) mass is 471 g/mol. The molecule has 0 spiro atoms. The van der Waals surface area contributed by atoms with Gasteiger partial charge in [0, 0.05) is 17.0 Å². The summed E-state index contributed by atoms with van der Waals surface area (Å²) in [6.07, 6.45) is 4.05. The second-order valence-corrected chi connectivity index (χ2v) is 9.72. The standard InChI is InChI=1S/C21H19N3O2S3.C2H6/c1-2-3-9-28-21-17(22)16-14(12-4-6-13(7-5-12)20(25)26)11-15(24-19(16)29-21)18-23-8-10-27-18;1-2/h4-8,10-11H,2-3,9,22H2,1H3,(H,25,26);1-2H3. The van der Waals surface area contributed by atoms with Crippen molar-refractivity contribution in [2.75, 3.05) is 11.5 Å². The van der Waals surface area contributed by atoms with Crippen molar-refractivity contribution in [1.29, 1.82) is 0 Å². The Morgan fingerprint density at radius 2 is 1.97 bits per heavy atom. The number of unbranched alkanes of at least 4 members (excludes halogenated alkanes) is 1. The average molecular weight is 472 g/mol. The first-order valence-electron chi connectivity index (χ1n) is 10.2. The molecular formula is C23H25N3O2S3. The van der Waals surface area contributed by atoms with Gasteiger partial charge in [0.2, 0.25) is 0 Å². The number of carbonyl (C=O) groups is 1. The van der Waals surface area contributed by atoms with Crippen LogP contribution in [0.5, 0.6) is 0 Å². The van der Waals surface area contributed by atoms with E-state index in [-0.39, 0.29) is 5.56 Å². The first-order chi connectivity index (χ1) is 15.1. The van der Waals surface area contributed by atoms with E-state index in [9.17, 15) is 9.90 Å². The first kappa shape index (κ1) is 23.2. The van der Waals surface area contributed by atoms with E-state index >= 15 is 0 Å². The number of aromatic carboxylic acids is 1. The number of benzene rings is 1. The molecule has 4 rings (SSSR count). The van der Waals surface area contributed by atoms with Gasteiger partial charge < -0.3 is 10.8 Å². The third-order valence-electron chi connectivity index (χ3n) is 4.49. The predicted octanol–water partition coefficient (Wildman–Crippen LogP) is 7.29. The summed E-state index contributed by atoms with van der Waals surface area (Å²) in [7, 11) is 0. The molecule has 1 aromatic carbocycles. The second-order valence-electron chi connectivity index (χ2n) is 6.46. The molecule has 8 heteroatoms. The van der Waals surface area contributed by atoms with Crippen LogP contribution in [-0.4, -0.2) is 26.8 Å². The van der Waals surface area contributed by atoms with Crippen LogP contribution in [-0.2, 0) is 0 Å². The number of hydrogen-bond acceptors (Lipinski definition) is 7. The quantitative estimate of drug-likeness (QED) is 0.217. The topological polar surface area (TPSA) is 89.1 Å². The lowest BCUT2D eigenvalue weighted by molar-refractivity contribution is 0.0697. The van der Waals surface area contributed by atoms with Crippen molar-refractivity contribution in [3.05, 3.63) is 47.5 Å². The average Bonchev–Trinajstić information content (AvgIpc) is 3.44. The number of aromatic nitrogens is 2.